The summed E-state index contributed by atoms with van der Waals surface area (Å²) in [5.74, 6) is 0.266. The SMILES string of the molecule is CCC(C)c1ccc(C(=O)C=Cc2ccc(C(F)(F)F)cc2)cc1. The maximum Gasteiger partial charge on any atom is 0.416 e. The van der Waals surface area contributed by atoms with Crippen molar-refractivity contribution in [1.82, 2.24) is 0 Å². The van der Waals surface area contributed by atoms with Crippen molar-refractivity contribution in [3.8, 4) is 0 Å². The molecule has 0 aliphatic carbocycles. The third-order valence-electron chi connectivity index (χ3n) is 4.04. The van der Waals surface area contributed by atoms with E-state index in [2.05, 4.69) is 13.8 Å². The summed E-state index contributed by atoms with van der Waals surface area (Å²) in [7, 11) is 0. The van der Waals surface area contributed by atoms with E-state index in [0.717, 1.165) is 18.6 Å². The maximum atomic E-state index is 12.5. The average molecular weight is 332 g/mol. The van der Waals surface area contributed by atoms with Gasteiger partial charge in [-0.2, -0.15) is 13.2 Å². The lowest BCUT2D eigenvalue weighted by atomic mass is 9.97. The predicted octanol–water partition coefficient (Wildman–Crippen LogP) is 6.12. The predicted molar refractivity (Wildman–Crippen MR) is 90.0 cm³/mol. The number of halogens is 3. The van der Waals surface area contributed by atoms with E-state index in [1.165, 1.54) is 29.8 Å². The van der Waals surface area contributed by atoms with Gasteiger partial charge in [0.1, 0.15) is 0 Å². The summed E-state index contributed by atoms with van der Waals surface area (Å²) < 4.78 is 37.5. The second-order valence-electron chi connectivity index (χ2n) is 5.75. The lowest BCUT2D eigenvalue weighted by molar-refractivity contribution is -0.137. The van der Waals surface area contributed by atoms with Gasteiger partial charge in [0.2, 0.25) is 0 Å². The highest BCUT2D eigenvalue weighted by atomic mass is 19.4. The van der Waals surface area contributed by atoms with Crippen molar-refractivity contribution >= 4 is 11.9 Å². The third-order valence-corrected chi connectivity index (χ3v) is 4.04. The van der Waals surface area contributed by atoms with Crippen molar-refractivity contribution in [1.29, 1.82) is 0 Å². The van der Waals surface area contributed by atoms with Gasteiger partial charge in [0.05, 0.1) is 5.56 Å². The van der Waals surface area contributed by atoms with Crippen molar-refractivity contribution in [3.63, 3.8) is 0 Å². The number of allylic oxidation sites excluding steroid dienone is 1. The van der Waals surface area contributed by atoms with Crippen LogP contribution < -0.4 is 0 Å². The Morgan fingerprint density at radius 3 is 2.12 bits per heavy atom. The van der Waals surface area contributed by atoms with E-state index < -0.39 is 11.7 Å². The molecule has 0 saturated heterocycles. The molecule has 0 aromatic heterocycles. The van der Waals surface area contributed by atoms with Crippen LogP contribution in [0.3, 0.4) is 0 Å². The molecule has 126 valence electrons. The number of hydrogen-bond acceptors (Lipinski definition) is 1. The molecular formula is C20H19F3O. The lowest BCUT2D eigenvalue weighted by Gasteiger charge is -2.08. The minimum absolute atomic E-state index is 0.175. The Hall–Kier alpha value is -2.36. The van der Waals surface area contributed by atoms with Crippen molar-refractivity contribution in [2.75, 3.05) is 0 Å². The summed E-state index contributed by atoms with van der Waals surface area (Å²) in [5.41, 5.74) is 1.59. The zero-order valence-corrected chi connectivity index (χ0v) is 13.6. The molecule has 0 saturated carbocycles. The zero-order chi connectivity index (χ0) is 17.7. The number of hydrogen-bond donors (Lipinski definition) is 0. The van der Waals surface area contributed by atoms with Crippen LogP contribution in [0.4, 0.5) is 13.2 Å². The van der Waals surface area contributed by atoms with E-state index in [0.29, 0.717) is 17.0 Å². The van der Waals surface area contributed by atoms with Gasteiger partial charge < -0.3 is 0 Å². The highest BCUT2D eigenvalue weighted by molar-refractivity contribution is 6.06. The Kier molecular flexibility index (Phi) is 5.60. The van der Waals surface area contributed by atoms with E-state index in [9.17, 15) is 18.0 Å². The zero-order valence-electron chi connectivity index (χ0n) is 13.6. The minimum Gasteiger partial charge on any atom is -0.289 e. The summed E-state index contributed by atoms with van der Waals surface area (Å²) in [5, 5.41) is 0. The van der Waals surface area contributed by atoms with E-state index in [1.807, 2.05) is 12.1 Å². The van der Waals surface area contributed by atoms with Gasteiger partial charge in [-0.25, -0.2) is 0 Å². The number of rotatable bonds is 5. The highest BCUT2D eigenvalue weighted by Gasteiger charge is 2.29. The van der Waals surface area contributed by atoms with E-state index >= 15 is 0 Å². The second kappa shape index (κ2) is 7.47. The Bertz CT molecular complexity index is 710. The van der Waals surface area contributed by atoms with E-state index in [-0.39, 0.29) is 5.78 Å². The first kappa shape index (κ1) is 18.0. The Morgan fingerprint density at radius 2 is 1.62 bits per heavy atom. The van der Waals surface area contributed by atoms with Gasteiger partial charge in [0, 0.05) is 5.56 Å². The molecule has 0 amide bonds. The first-order valence-electron chi connectivity index (χ1n) is 7.81. The molecule has 0 heterocycles. The van der Waals surface area contributed by atoms with Crippen LogP contribution in [-0.2, 0) is 6.18 Å². The maximum absolute atomic E-state index is 12.5. The number of alkyl halides is 3. The van der Waals surface area contributed by atoms with Gasteiger partial charge in [-0.3, -0.25) is 4.79 Å². The van der Waals surface area contributed by atoms with Crippen LogP contribution in [0.5, 0.6) is 0 Å². The van der Waals surface area contributed by atoms with Gasteiger partial charge in [-0.05, 0) is 41.7 Å². The van der Waals surface area contributed by atoms with Crippen molar-refractivity contribution in [2.24, 2.45) is 0 Å². The van der Waals surface area contributed by atoms with E-state index in [4.69, 9.17) is 0 Å². The fourth-order valence-corrected chi connectivity index (χ4v) is 2.26. The molecule has 4 heteroatoms. The largest absolute Gasteiger partial charge is 0.416 e. The molecular weight excluding hydrogens is 313 g/mol. The topological polar surface area (TPSA) is 17.1 Å². The number of benzene rings is 2. The van der Waals surface area contributed by atoms with Gasteiger partial charge in [-0.15, -0.1) is 0 Å². The molecule has 0 fully saturated rings. The summed E-state index contributed by atoms with van der Waals surface area (Å²) >= 11 is 0. The first-order chi connectivity index (χ1) is 11.3. The van der Waals surface area contributed by atoms with Crippen LogP contribution in [0.15, 0.2) is 54.6 Å². The lowest BCUT2D eigenvalue weighted by Crippen LogP contribution is -2.04. The normalized spacial score (nSPS) is 13.2. The fraction of sp³-hybridized carbons (Fsp3) is 0.250. The summed E-state index contributed by atoms with van der Waals surface area (Å²) in [6.07, 6.45) is -0.428. The van der Waals surface area contributed by atoms with Crippen molar-refractivity contribution < 1.29 is 18.0 Å². The molecule has 0 N–H and O–H groups in total. The van der Waals surface area contributed by atoms with Crippen LogP contribution in [0.1, 0.15) is 53.2 Å². The molecule has 2 rings (SSSR count). The van der Waals surface area contributed by atoms with Crippen LogP contribution in [-0.4, -0.2) is 5.78 Å². The quantitative estimate of drug-likeness (QED) is 0.476. The molecule has 2 aromatic carbocycles. The van der Waals surface area contributed by atoms with Crippen molar-refractivity contribution in [3.05, 3.63) is 76.9 Å². The molecule has 2 aromatic rings. The minimum atomic E-state index is -4.35. The standard InChI is InChI=1S/C20H19F3O/c1-3-14(2)16-7-9-17(10-8-16)19(24)13-6-15-4-11-18(12-5-15)20(21,22)23/h4-14H,3H2,1-2H3. The first-order valence-corrected chi connectivity index (χ1v) is 7.81. The molecule has 0 bridgehead atoms. The summed E-state index contributed by atoms with van der Waals surface area (Å²) in [6, 6.07) is 12.1. The Balaban J connectivity index is 2.07. The summed E-state index contributed by atoms with van der Waals surface area (Å²) in [6.45, 7) is 4.23. The van der Waals surface area contributed by atoms with Crippen LogP contribution in [0.2, 0.25) is 0 Å². The number of ketones is 1. The van der Waals surface area contributed by atoms with Gasteiger partial charge in [-0.1, -0.05) is 56.3 Å². The van der Waals surface area contributed by atoms with Crippen LogP contribution >= 0.6 is 0 Å². The Labute approximate surface area is 139 Å². The van der Waals surface area contributed by atoms with Crippen molar-refractivity contribution in [2.45, 2.75) is 32.4 Å². The average Bonchev–Trinajstić information content (AvgIpc) is 2.58. The molecule has 1 unspecified atom stereocenters. The Morgan fingerprint density at radius 1 is 1.04 bits per heavy atom. The van der Waals surface area contributed by atoms with Gasteiger partial charge >= 0.3 is 6.18 Å². The van der Waals surface area contributed by atoms with Crippen LogP contribution in [0.25, 0.3) is 6.08 Å². The number of carbonyl (C=O) groups is 1. The van der Waals surface area contributed by atoms with E-state index in [1.54, 1.807) is 12.1 Å². The fourth-order valence-electron chi connectivity index (χ4n) is 2.26. The van der Waals surface area contributed by atoms with Gasteiger partial charge in [0.15, 0.2) is 5.78 Å². The number of carbonyl (C=O) groups excluding carboxylic acids is 1. The molecule has 0 aliphatic heterocycles. The second-order valence-corrected chi connectivity index (χ2v) is 5.75. The molecule has 1 atom stereocenters. The molecule has 0 aliphatic rings. The highest BCUT2D eigenvalue weighted by Crippen LogP contribution is 2.29. The van der Waals surface area contributed by atoms with Crippen LogP contribution in [0, 0.1) is 0 Å². The molecule has 24 heavy (non-hydrogen) atoms. The monoisotopic (exact) mass is 332 g/mol. The smallest absolute Gasteiger partial charge is 0.289 e. The summed E-state index contributed by atoms with van der Waals surface area (Å²) in [4.78, 5) is 12.1. The molecule has 0 radical (unpaired) electrons. The third kappa shape index (κ3) is 4.57. The molecule has 0 spiro atoms. The van der Waals surface area contributed by atoms with Gasteiger partial charge in [0.25, 0.3) is 0 Å². The molecule has 1 nitrogen and oxygen atoms in total.